The number of anilines is 1. The number of rotatable bonds is 3. The molecule has 4 rings (SSSR count). The van der Waals surface area contributed by atoms with Crippen molar-refractivity contribution in [2.75, 3.05) is 12.4 Å². The summed E-state index contributed by atoms with van der Waals surface area (Å²) in [6.07, 6.45) is -3.08. The van der Waals surface area contributed by atoms with E-state index in [4.69, 9.17) is 0 Å². The number of allylic oxidation sites excluding steroid dienone is 1. The van der Waals surface area contributed by atoms with Crippen LogP contribution in [0.3, 0.4) is 0 Å². The average Bonchev–Trinajstić information content (AvgIpc) is 3.16. The summed E-state index contributed by atoms with van der Waals surface area (Å²) in [6.45, 7) is 0. The van der Waals surface area contributed by atoms with Gasteiger partial charge in [0.2, 0.25) is 0 Å². The van der Waals surface area contributed by atoms with Gasteiger partial charge in [-0.25, -0.2) is 4.39 Å². The van der Waals surface area contributed by atoms with Crippen LogP contribution in [0.25, 0.3) is 17.2 Å². The molecule has 1 aliphatic carbocycles. The van der Waals surface area contributed by atoms with Gasteiger partial charge in [0.1, 0.15) is 16.6 Å². The molecule has 0 bridgehead atoms. The maximum absolute atomic E-state index is 14.7. The highest BCUT2D eigenvalue weighted by Crippen LogP contribution is 2.54. The highest BCUT2D eigenvalue weighted by Gasteiger charge is 2.34. The van der Waals surface area contributed by atoms with Crippen LogP contribution in [0.15, 0.2) is 54.4 Å². The summed E-state index contributed by atoms with van der Waals surface area (Å²) >= 11 is 1.14. The van der Waals surface area contributed by atoms with Crippen LogP contribution in [0.1, 0.15) is 27.5 Å². The van der Waals surface area contributed by atoms with Crippen molar-refractivity contribution in [1.29, 1.82) is 0 Å². The lowest BCUT2D eigenvalue weighted by Gasteiger charge is -2.12. The van der Waals surface area contributed by atoms with Gasteiger partial charge in [-0.15, -0.1) is 11.3 Å². The number of benzene rings is 2. The summed E-state index contributed by atoms with van der Waals surface area (Å²) in [5.41, 5.74) is 1.09. The molecule has 0 fully saturated rings. The highest BCUT2D eigenvalue weighted by atomic mass is 32.1. The molecule has 0 saturated heterocycles. The normalized spacial score (nSPS) is 16.0. The quantitative estimate of drug-likeness (QED) is 0.479. The van der Waals surface area contributed by atoms with Crippen molar-refractivity contribution >= 4 is 22.4 Å². The predicted octanol–water partition coefficient (Wildman–Crippen LogP) is 6.64. The molecule has 28 heavy (non-hydrogen) atoms. The number of alkyl halides is 3. The van der Waals surface area contributed by atoms with Crippen molar-refractivity contribution in [2.45, 2.75) is 12.1 Å². The second kappa shape index (κ2) is 6.67. The first-order valence-electron chi connectivity index (χ1n) is 8.48. The number of aromatic hydroxyl groups is 1. The minimum Gasteiger partial charge on any atom is -0.506 e. The van der Waals surface area contributed by atoms with Crippen molar-refractivity contribution in [1.82, 2.24) is 0 Å². The molecule has 0 spiro atoms. The van der Waals surface area contributed by atoms with Gasteiger partial charge in [0.15, 0.2) is 0 Å². The lowest BCUT2D eigenvalue weighted by Crippen LogP contribution is -2.04. The molecule has 1 aliphatic rings. The lowest BCUT2D eigenvalue weighted by molar-refractivity contribution is -0.137. The maximum Gasteiger partial charge on any atom is 0.416 e. The summed E-state index contributed by atoms with van der Waals surface area (Å²) in [7, 11) is 1.61. The molecule has 0 saturated carbocycles. The molecule has 0 amide bonds. The first kappa shape index (κ1) is 18.6. The predicted molar refractivity (Wildman–Crippen MR) is 103 cm³/mol. The summed E-state index contributed by atoms with van der Waals surface area (Å²) in [6, 6.07) is 11.9. The first-order valence-corrected chi connectivity index (χ1v) is 9.30. The van der Waals surface area contributed by atoms with Crippen LogP contribution in [0.4, 0.5) is 22.6 Å². The maximum atomic E-state index is 14.7. The molecule has 1 atom stereocenters. The van der Waals surface area contributed by atoms with Crippen molar-refractivity contribution in [3.05, 3.63) is 75.9 Å². The summed E-state index contributed by atoms with van der Waals surface area (Å²) in [5.74, 6) is -1.39. The molecule has 2 N–H and O–H groups in total. The van der Waals surface area contributed by atoms with Crippen molar-refractivity contribution < 1.29 is 22.7 Å². The Bertz CT molecular complexity index is 1080. The van der Waals surface area contributed by atoms with E-state index in [1.165, 1.54) is 18.2 Å². The molecule has 0 radical (unpaired) electrons. The SMILES string of the molecule is CNc1sc(C2C(F)=Cc3ccccc32)c(O)c1-c1cccc(C(F)(F)F)c1. The standard InChI is InChI=1S/C21H15F4NOS/c1-26-20-16(12-6-4-7-13(9-12)21(23,24)25)18(27)19(28-20)17-14-8-3-2-5-11(14)10-15(17)22/h2-10,17,26-27H,1H3. The van der Waals surface area contributed by atoms with E-state index in [1.54, 1.807) is 31.3 Å². The molecule has 2 aromatic carbocycles. The smallest absolute Gasteiger partial charge is 0.416 e. The fourth-order valence-corrected chi connectivity index (χ4v) is 4.68. The third-order valence-corrected chi connectivity index (χ3v) is 6.01. The molecule has 3 aromatic rings. The highest BCUT2D eigenvalue weighted by molar-refractivity contribution is 7.17. The van der Waals surface area contributed by atoms with Gasteiger partial charge in [0.05, 0.1) is 21.9 Å². The van der Waals surface area contributed by atoms with E-state index in [0.717, 1.165) is 34.6 Å². The van der Waals surface area contributed by atoms with Crippen LogP contribution in [0.5, 0.6) is 5.75 Å². The zero-order valence-electron chi connectivity index (χ0n) is 14.6. The number of hydrogen-bond acceptors (Lipinski definition) is 3. The van der Waals surface area contributed by atoms with E-state index in [1.807, 2.05) is 0 Å². The topological polar surface area (TPSA) is 32.3 Å². The minimum absolute atomic E-state index is 0.209. The van der Waals surface area contributed by atoms with Gasteiger partial charge in [-0.3, -0.25) is 0 Å². The monoisotopic (exact) mass is 405 g/mol. The zero-order valence-corrected chi connectivity index (χ0v) is 15.5. The molecular formula is C21H15F4NOS. The van der Waals surface area contributed by atoms with Crippen molar-refractivity contribution in [3.63, 3.8) is 0 Å². The largest absolute Gasteiger partial charge is 0.506 e. The van der Waals surface area contributed by atoms with Gasteiger partial charge < -0.3 is 10.4 Å². The van der Waals surface area contributed by atoms with Gasteiger partial charge in [0.25, 0.3) is 0 Å². The number of fused-ring (bicyclic) bond motifs is 1. The Morgan fingerprint density at radius 1 is 1.07 bits per heavy atom. The van der Waals surface area contributed by atoms with Crippen LogP contribution in [0.2, 0.25) is 0 Å². The van der Waals surface area contributed by atoms with E-state index < -0.39 is 23.5 Å². The number of thiophene rings is 1. The molecule has 144 valence electrons. The van der Waals surface area contributed by atoms with Crippen LogP contribution < -0.4 is 5.32 Å². The van der Waals surface area contributed by atoms with Crippen molar-refractivity contribution in [3.8, 4) is 16.9 Å². The van der Waals surface area contributed by atoms with E-state index in [0.29, 0.717) is 9.88 Å². The van der Waals surface area contributed by atoms with Gasteiger partial charge in [-0.05, 0) is 34.9 Å². The van der Waals surface area contributed by atoms with Crippen LogP contribution in [-0.2, 0) is 6.18 Å². The third-order valence-electron chi connectivity index (χ3n) is 4.75. The Hall–Kier alpha value is -2.80. The fraction of sp³-hybridized carbons (Fsp3) is 0.143. The van der Waals surface area contributed by atoms with Gasteiger partial charge >= 0.3 is 6.18 Å². The molecule has 2 nitrogen and oxygen atoms in total. The number of nitrogens with one attached hydrogen (secondary N) is 1. The summed E-state index contributed by atoms with van der Waals surface area (Å²) in [5, 5.41) is 14.3. The Morgan fingerprint density at radius 3 is 2.54 bits per heavy atom. The molecule has 1 aromatic heterocycles. The molecular weight excluding hydrogens is 390 g/mol. The zero-order chi connectivity index (χ0) is 20.1. The summed E-state index contributed by atoms with van der Waals surface area (Å²) in [4.78, 5) is 0.357. The van der Waals surface area contributed by atoms with E-state index >= 15 is 0 Å². The molecule has 7 heteroatoms. The summed E-state index contributed by atoms with van der Waals surface area (Å²) < 4.78 is 54.0. The lowest BCUT2D eigenvalue weighted by atomic mass is 9.96. The van der Waals surface area contributed by atoms with E-state index in [9.17, 15) is 22.7 Å². The Kier molecular flexibility index (Phi) is 4.42. The first-order chi connectivity index (χ1) is 13.3. The average molecular weight is 405 g/mol. The Labute approximate surface area is 162 Å². The fourth-order valence-electron chi connectivity index (χ4n) is 3.48. The second-order valence-electron chi connectivity index (χ2n) is 6.44. The molecule has 0 aliphatic heterocycles. The van der Waals surface area contributed by atoms with Gasteiger partial charge in [0, 0.05) is 7.05 Å². The van der Waals surface area contributed by atoms with Crippen molar-refractivity contribution in [2.24, 2.45) is 0 Å². The van der Waals surface area contributed by atoms with Crippen LogP contribution in [-0.4, -0.2) is 12.2 Å². The minimum atomic E-state index is -4.50. The van der Waals surface area contributed by atoms with Crippen LogP contribution in [0, 0.1) is 0 Å². The number of hydrogen-bond donors (Lipinski definition) is 2. The van der Waals surface area contributed by atoms with Gasteiger partial charge in [-0.1, -0.05) is 36.4 Å². The van der Waals surface area contributed by atoms with E-state index in [-0.39, 0.29) is 16.9 Å². The van der Waals surface area contributed by atoms with Crippen LogP contribution >= 0.6 is 11.3 Å². The van der Waals surface area contributed by atoms with E-state index in [2.05, 4.69) is 5.32 Å². The second-order valence-corrected chi connectivity index (χ2v) is 7.49. The Morgan fingerprint density at radius 2 is 1.82 bits per heavy atom. The Balaban J connectivity index is 1.87. The molecule has 1 heterocycles. The third kappa shape index (κ3) is 2.96. The van der Waals surface area contributed by atoms with Gasteiger partial charge in [-0.2, -0.15) is 13.2 Å². The number of halogens is 4. The molecule has 1 unspecified atom stereocenters.